The van der Waals surface area contributed by atoms with Gasteiger partial charge >= 0.3 is 0 Å². The van der Waals surface area contributed by atoms with Crippen molar-refractivity contribution < 1.29 is 23.0 Å². The lowest BCUT2D eigenvalue weighted by molar-refractivity contribution is 0.136. The van der Waals surface area contributed by atoms with Crippen LogP contribution in [0.15, 0.2) is 59.8 Å². The third kappa shape index (κ3) is 5.26. The van der Waals surface area contributed by atoms with E-state index in [0.29, 0.717) is 11.5 Å². The summed E-state index contributed by atoms with van der Waals surface area (Å²) >= 11 is 0. The summed E-state index contributed by atoms with van der Waals surface area (Å²) in [6.07, 6.45) is 1.21. The highest BCUT2D eigenvalue weighted by atomic mass is 32.2. The van der Waals surface area contributed by atoms with Crippen LogP contribution >= 0.6 is 0 Å². The second-order valence-corrected chi connectivity index (χ2v) is 9.80. The molecule has 0 spiro atoms. The smallest absolute Gasteiger partial charge is 0.264 e. The molecule has 0 amide bonds. The Morgan fingerprint density at radius 1 is 0.938 bits per heavy atom. The van der Waals surface area contributed by atoms with Gasteiger partial charge in [0, 0.05) is 13.1 Å². The first-order valence-electron chi connectivity index (χ1n) is 9.99. The number of aliphatic hydroxyl groups excluding tert-OH is 1. The van der Waals surface area contributed by atoms with Crippen molar-refractivity contribution >= 4 is 10.0 Å². The number of rotatable bonds is 10. The van der Waals surface area contributed by atoms with E-state index in [0.717, 1.165) is 11.1 Å². The van der Waals surface area contributed by atoms with Crippen molar-refractivity contribution in [2.75, 3.05) is 20.8 Å². The van der Waals surface area contributed by atoms with Crippen molar-refractivity contribution in [3.8, 4) is 11.5 Å². The number of benzene rings is 2. The predicted octanol–water partition coefficient (Wildman–Crippen LogP) is 2.41. The Kier molecular flexibility index (Phi) is 7.17. The molecule has 0 unspecified atom stereocenters. The summed E-state index contributed by atoms with van der Waals surface area (Å²) in [7, 11) is -0.830. The van der Waals surface area contributed by atoms with Crippen molar-refractivity contribution in [1.82, 2.24) is 19.3 Å². The average Bonchev–Trinajstić information content (AvgIpc) is 3.32. The van der Waals surface area contributed by atoms with Crippen LogP contribution in [-0.2, 0) is 28.7 Å². The summed E-state index contributed by atoms with van der Waals surface area (Å²) in [5.74, 6) is 1.37. The molecule has 1 N–H and O–H groups in total. The molecular weight excluding hydrogens is 432 g/mol. The van der Waals surface area contributed by atoms with Crippen molar-refractivity contribution in [1.29, 1.82) is 0 Å². The fourth-order valence-corrected chi connectivity index (χ4v) is 4.21. The van der Waals surface area contributed by atoms with E-state index < -0.39 is 15.6 Å². The van der Waals surface area contributed by atoms with E-state index in [-0.39, 0.29) is 24.7 Å². The Bertz CT molecular complexity index is 1080. The van der Waals surface area contributed by atoms with Crippen LogP contribution in [0.25, 0.3) is 0 Å². The largest absolute Gasteiger partial charge is 0.497 e. The number of aromatic nitrogens is 3. The summed E-state index contributed by atoms with van der Waals surface area (Å²) in [6.45, 7) is 3.47. The molecule has 10 heteroatoms. The predicted molar refractivity (Wildman–Crippen MR) is 119 cm³/mol. The first-order valence-corrected chi connectivity index (χ1v) is 11.4. The van der Waals surface area contributed by atoms with Crippen LogP contribution in [0.2, 0.25) is 0 Å². The molecule has 1 aromatic heterocycles. The number of sulfonamides is 1. The van der Waals surface area contributed by atoms with Gasteiger partial charge in [-0.2, -0.15) is 14.2 Å². The number of aliphatic hydroxyl groups is 1. The number of ether oxygens (including phenoxy) is 2. The highest BCUT2D eigenvalue weighted by molar-refractivity contribution is 7.89. The zero-order valence-corrected chi connectivity index (χ0v) is 19.4. The average molecular weight is 461 g/mol. The van der Waals surface area contributed by atoms with Gasteiger partial charge in [-0.3, -0.25) is 0 Å². The van der Waals surface area contributed by atoms with Gasteiger partial charge < -0.3 is 14.6 Å². The lowest BCUT2D eigenvalue weighted by Crippen LogP contribution is -2.34. The highest BCUT2D eigenvalue weighted by Crippen LogP contribution is 2.23. The van der Waals surface area contributed by atoms with Crippen LogP contribution in [-0.4, -0.2) is 53.6 Å². The van der Waals surface area contributed by atoms with E-state index in [1.165, 1.54) is 15.3 Å². The van der Waals surface area contributed by atoms with Crippen LogP contribution in [0.3, 0.4) is 0 Å². The summed E-state index contributed by atoms with van der Waals surface area (Å²) in [5, 5.41) is 17.6. The van der Waals surface area contributed by atoms with Gasteiger partial charge in [-0.15, -0.1) is 5.10 Å². The van der Waals surface area contributed by atoms with E-state index in [1.807, 2.05) is 24.3 Å². The minimum absolute atomic E-state index is 0.134. The van der Waals surface area contributed by atoms with Crippen molar-refractivity contribution in [3.63, 3.8) is 0 Å². The second-order valence-electron chi connectivity index (χ2n) is 7.91. The second kappa shape index (κ2) is 9.68. The monoisotopic (exact) mass is 460 g/mol. The van der Waals surface area contributed by atoms with E-state index in [1.54, 1.807) is 52.3 Å². The lowest BCUT2D eigenvalue weighted by atomic mass is 10.1. The van der Waals surface area contributed by atoms with Crippen molar-refractivity contribution in [2.45, 2.75) is 37.5 Å². The maximum absolute atomic E-state index is 13.5. The summed E-state index contributed by atoms with van der Waals surface area (Å²) in [6, 6.07) is 14.4. The molecule has 0 fully saturated rings. The molecule has 2 aromatic carbocycles. The van der Waals surface area contributed by atoms with Gasteiger partial charge in [0.05, 0.1) is 32.6 Å². The molecule has 32 heavy (non-hydrogen) atoms. The molecule has 3 rings (SSSR count). The van der Waals surface area contributed by atoms with Crippen molar-refractivity contribution in [3.05, 3.63) is 65.9 Å². The van der Waals surface area contributed by atoms with Gasteiger partial charge in [0.1, 0.15) is 11.5 Å². The standard InChI is InChI=1S/C22H28N4O5S/c1-22(2,16-27)26-23-13-21(24-26)32(28,29)25(14-17-5-9-19(30-3)10-6-17)15-18-7-11-20(31-4)12-8-18/h5-13,27H,14-16H2,1-4H3. The van der Waals surface area contributed by atoms with Gasteiger partial charge in [0.2, 0.25) is 5.03 Å². The van der Waals surface area contributed by atoms with Crippen LogP contribution in [0.4, 0.5) is 0 Å². The molecule has 0 atom stereocenters. The molecule has 0 aliphatic rings. The zero-order chi connectivity index (χ0) is 23.4. The molecule has 0 bridgehead atoms. The van der Waals surface area contributed by atoms with E-state index in [4.69, 9.17) is 9.47 Å². The quantitative estimate of drug-likeness (QED) is 0.495. The fourth-order valence-electron chi connectivity index (χ4n) is 2.95. The minimum atomic E-state index is -3.98. The molecular formula is C22H28N4O5S. The third-order valence-electron chi connectivity index (χ3n) is 5.04. The topological polar surface area (TPSA) is 107 Å². The normalized spacial score (nSPS) is 12.2. The van der Waals surface area contributed by atoms with E-state index >= 15 is 0 Å². The maximum Gasteiger partial charge on any atom is 0.264 e. The van der Waals surface area contributed by atoms with Crippen LogP contribution in [0.5, 0.6) is 11.5 Å². The summed E-state index contributed by atoms with van der Waals surface area (Å²) in [4.78, 5) is 1.22. The summed E-state index contributed by atoms with van der Waals surface area (Å²) in [5.41, 5.74) is 0.766. The number of hydrogen-bond donors (Lipinski definition) is 1. The zero-order valence-electron chi connectivity index (χ0n) is 18.6. The number of hydrogen-bond acceptors (Lipinski definition) is 7. The molecule has 172 valence electrons. The molecule has 0 saturated heterocycles. The highest BCUT2D eigenvalue weighted by Gasteiger charge is 2.30. The van der Waals surface area contributed by atoms with Gasteiger partial charge in [-0.1, -0.05) is 24.3 Å². The molecule has 1 heterocycles. The Morgan fingerprint density at radius 2 is 1.41 bits per heavy atom. The van der Waals surface area contributed by atoms with Crippen LogP contribution in [0, 0.1) is 0 Å². The third-order valence-corrected chi connectivity index (χ3v) is 6.69. The van der Waals surface area contributed by atoms with E-state index in [9.17, 15) is 13.5 Å². The van der Waals surface area contributed by atoms with E-state index in [2.05, 4.69) is 10.2 Å². The maximum atomic E-state index is 13.5. The van der Waals surface area contributed by atoms with Crippen LogP contribution in [0.1, 0.15) is 25.0 Å². The molecule has 0 saturated carbocycles. The van der Waals surface area contributed by atoms with Gasteiger partial charge in [0.15, 0.2) is 0 Å². The lowest BCUT2D eigenvalue weighted by Gasteiger charge is -2.22. The first-order chi connectivity index (χ1) is 15.2. The van der Waals surface area contributed by atoms with Crippen molar-refractivity contribution in [2.24, 2.45) is 0 Å². The molecule has 0 aliphatic carbocycles. The Labute approximate surface area is 188 Å². The fraction of sp³-hybridized carbons (Fsp3) is 0.364. The minimum Gasteiger partial charge on any atom is -0.497 e. The SMILES string of the molecule is COc1ccc(CN(Cc2ccc(OC)cc2)S(=O)(=O)c2cnn(C(C)(C)CO)n2)cc1. The van der Waals surface area contributed by atoms with Crippen LogP contribution < -0.4 is 9.47 Å². The molecule has 3 aromatic rings. The molecule has 0 radical (unpaired) electrons. The Morgan fingerprint density at radius 3 is 1.81 bits per heavy atom. The Balaban J connectivity index is 1.95. The Hall–Kier alpha value is -2.95. The first kappa shape index (κ1) is 23.7. The van der Waals surface area contributed by atoms with Gasteiger partial charge in [0.25, 0.3) is 10.0 Å². The molecule has 9 nitrogen and oxygen atoms in total. The number of nitrogens with zero attached hydrogens (tertiary/aromatic N) is 4. The summed E-state index contributed by atoms with van der Waals surface area (Å²) < 4.78 is 38.7. The molecule has 0 aliphatic heterocycles. The van der Waals surface area contributed by atoms with Gasteiger partial charge in [-0.25, -0.2) is 8.42 Å². The van der Waals surface area contributed by atoms with Gasteiger partial charge in [-0.05, 0) is 49.2 Å². The number of methoxy groups -OCH3 is 2.